The molecule has 1 aliphatic carbocycles. The van der Waals surface area contributed by atoms with Crippen LogP contribution < -0.4 is 5.32 Å². The van der Waals surface area contributed by atoms with Crippen molar-refractivity contribution in [3.05, 3.63) is 100 Å². The van der Waals surface area contributed by atoms with Gasteiger partial charge in [0.25, 0.3) is 0 Å². The standard InChI is InChI=1S/C31H31BFNO5/c1-30(2)31(3,4)39-32(38-30)22(15-20-13-14-21(18-35)28(33)16-20)17-34-29(36)37-19-27-25-11-7-5-9-23(25)24-10-6-8-12-26(24)27/h5-16,18,27H,17,19H2,1-4H3,(H,34,36). The number of carbonyl (C=O) groups excluding carboxylic acids is 2. The number of fused-ring (bicyclic) bond motifs is 3. The number of aldehydes is 1. The van der Waals surface area contributed by atoms with Gasteiger partial charge in [0.1, 0.15) is 12.4 Å². The summed E-state index contributed by atoms with van der Waals surface area (Å²) >= 11 is 0. The molecule has 2 aliphatic rings. The molecule has 200 valence electrons. The van der Waals surface area contributed by atoms with Crippen molar-refractivity contribution in [1.82, 2.24) is 5.32 Å². The molecule has 3 aromatic rings. The molecule has 1 heterocycles. The van der Waals surface area contributed by atoms with E-state index in [4.69, 9.17) is 14.0 Å². The predicted octanol–water partition coefficient (Wildman–Crippen LogP) is 6.19. The van der Waals surface area contributed by atoms with E-state index in [1.54, 1.807) is 12.1 Å². The molecule has 8 heteroatoms. The fraction of sp³-hybridized carbons (Fsp3) is 0.290. The summed E-state index contributed by atoms with van der Waals surface area (Å²) < 4.78 is 32.3. The maximum absolute atomic E-state index is 14.3. The van der Waals surface area contributed by atoms with Crippen LogP contribution in [0.1, 0.15) is 60.7 Å². The van der Waals surface area contributed by atoms with Crippen molar-refractivity contribution in [3.63, 3.8) is 0 Å². The van der Waals surface area contributed by atoms with E-state index < -0.39 is 30.2 Å². The third-order valence-electron chi connectivity index (χ3n) is 7.84. The molecule has 0 saturated carbocycles. The van der Waals surface area contributed by atoms with Crippen LogP contribution in [0.4, 0.5) is 9.18 Å². The van der Waals surface area contributed by atoms with Crippen LogP contribution in [0.3, 0.4) is 0 Å². The lowest BCUT2D eigenvalue weighted by molar-refractivity contribution is 0.00578. The molecular formula is C31H31BFNO5. The fourth-order valence-electron chi connectivity index (χ4n) is 4.96. The first-order chi connectivity index (χ1) is 18.6. The summed E-state index contributed by atoms with van der Waals surface area (Å²) in [6, 6.07) is 20.6. The number of benzene rings is 3. The van der Waals surface area contributed by atoms with E-state index in [-0.39, 0.29) is 24.6 Å². The first-order valence-electron chi connectivity index (χ1n) is 13.0. The highest BCUT2D eigenvalue weighted by atomic mass is 19.1. The molecule has 0 bridgehead atoms. The summed E-state index contributed by atoms with van der Waals surface area (Å²) in [5, 5.41) is 2.80. The first-order valence-corrected chi connectivity index (χ1v) is 13.0. The summed E-state index contributed by atoms with van der Waals surface area (Å²) in [5.41, 5.74) is 4.43. The minimum absolute atomic E-state index is 0.0268. The van der Waals surface area contributed by atoms with Crippen LogP contribution in [-0.2, 0) is 14.0 Å². The molecule has 0 spiro atoms. The minimum atomic E-state index is -0.766. The number of amides is 1. The molecule has 1 aliphatic heterocycles. The van der Waals surface area contributed by atoms with Gasteiger partial charge >= 0.3 is 13.2 Å². The second-order valence-electron chi connectivity index (χ2n) is 10.9. The van der Waals surface area contributed by atoms with E-state index in [0.29, 0.717) is 17.3 Å². The largest absolute Gasteiger partial charge is 0.492 e. The molecule has 1 N–H and O–H groups in total. The van der Waals surface area contributed by atoms with Crippen molar-refractivity contribution in [1.29, 1.82) is 0 Å². The van der Waals surface area contributed by atoms with Gasteiger partial charge in [0.2, 0.25) is 0 Å². The maximum atomic E-state index is 14.3. The smallest absolute Gasteiger partial charge is 0.449 e. The van der Waals surface area contributed by atoms with Crippen molar-refractivity contribution in [2.45, 2.75) is 44.8 Å². The normalized spacial score (nSPS) is 17.5. The van der Waals surface area contributed by atoms with Gasteiger partial charge in [-0.15, -0.1) is 0 Å². The van der Waals surface area contributed by atoms with Crippen molar-refractivity contribution in [3.8, 4) is 11.1 Å². The molecule has 6 nitrogen and oxygen atoms in total. The lowest BCUT2D eigenvalue weighted by Crippen LogP contribution is -2.41. The van der Waals surface area contributed by atoms with Gasteiger partial charge in [-0.05, 0) is 73.1 Å². The number of hydrogen-bond acceptors (Lipinski definition) is 5. The third kappa shape index (κ3) is 5.27. The SMILES string of the molecule is CC1(C)OB(C(=Cc2ccc(C=O)c(F)c2)CNC(=O)OCC2c3ccccc3-c3ccccc32)OC1(C)C. The Hall–Kier alpha value is -3.75. The van der Waals surface area contributed by atoms with E-state index in [2.05, 4.69) is 29.6 Å². The van der Waals surface area contributed by atoms with Gasteiger partial charge in [-0.25, -0.2) is 9.18 Å². The number of alkyl carbamates (subject to hydrolysis) is 1. The average molecular weight is 527 g/mol. The van der Waals surface area contributed by atoms with E-state index in [9.17, 15) is 14.0 Å². The van der Waals surface area contributed by atoms with Crippen LogP contribution in [-0.4, -0.2) is 43.9 Å². The lowest BCUT2D eigenvalue weighted by Gasteiger charge is -2.32. The van der Waals surface area contributed by atoms with Crippen LogP contribution in [0.5, 0.6) is 0 Å². The number of ether oxygens (including phenoxy) is 1. The number of rotatable bonds is 7. The molecule has 0 atom stereocenters. The predicted molar refractivity (Wildman–Crippen MR) is 149 cm³/mol. The molecule has 1 amide bonds. The first kappa shape index (κ1) is 26.8. The Kier molecular flexibility index (Phi) is 7.18. The minimum Gasteiger partial charge on any atom is -0.449 e. The Bertz CT molecular complexity index is 1390. The van der Waals surface area contributed by atoms with Crippen LogP contribution in [0.2, 0.25) is 0 Å². The highest BCUT2D eigenvalue weighted by Crippen LogP contribution is 2.44. The van der Waals surface area contributed by atoms with Crippen LogP contribution >= 0.6 is 0 Å². The Morgan fingerprint density at radius 2 is 1.56 bits per heavy atom. The lowest BCUT2D eigenvalue weighted by atomic mass is 9.77. The number of nitrogens with one attached hydrogen (secondary N) is 1. The summed E-state index contributed by atoms with van der Waals surface area (Å²) in [5.74, 6) is -0.683. The van der Waals surface area contributed by atoms with E-state index in [1.165, 1.54) is 12.1 Å². The van der Waals surface area contributed by atoms with Crippen molar-refractivity contribution < 1.29 is 28.0 Å². The van der Waals surface area contributed by atoms with Crippen LogP contribution in [0, 0.1) is 5.82 Å². The highest BCUT2D eigenvalue weighted by Gasteiger charge is 2.52. The van der Waals surface area contributed by atoms with Crippen molar-refractivity contribution in [2.24, 2.45) is 0 Å². The zero-order chi connectivity index (χ0) is 27.8. The summed E-state index contributed by atoms with van der Waals surface area (Å²) in [7, 11) is -0.766. The Labute approximate surface area is 228 Å². The topological polar surface area (TPSA) is 73.9 Å². The van der Waals surface area contributed by atoms with Gasteiger partial charge < -0.3 is 19.4 Å². The van der Waals surface area contributed by atoms with Crippen LogP contribution in [0.15, 0.2) is 72.2 Å². The quantitative estimate of drug-likeness (QED) is 0.293. The van der Waals surface area contributed by atoms with Gasteiger partial charge in [0.15, 0.2) is 6.29 Å². The molecule has 3 aromatic carbocycles. The number of hydrogen-bond donors (Lipinski definition) is 1. The molecular weight excluding hydrogens is 496 g/mol. The van der Waals surface area contributed by atoms with Gasteiger partial charge in [0, 0.05) is 12.5 Å². The third-order valence-corrected chi connectivity index (χ3v) is 7.84. The van der Waals surface area contributed by atoms with Gasteiger partial charge in [0.05, 0.1) is 16.8 Å². The molecule has 1 fully saturated rings. The average Bonchev–Trinajstić information content (AvgIpc) is 3.34. The Balaban J connectivity index is 1.31. The molecule has 39 heavy (non-hydrogen) atoms. The van der Waals surface area contributed by atoms with Crippen molar-refractivity contribution >= 4 is 25.6 Å². The molecule has 1 saturated heterocycles. The molecule has 0 unspecified atom stereocenters. The molecule has 5 rings (SSSR count). The second-order valence-corrected chi connectivity index (χ2v) is 10.9. The molecule has 0 aromatic heterocycles. The van der Waals surface area contributed by atoms with Gasteiger partial charge in [-0.1, -0.05) is 60.7 Å². The Morgan fingerprint density at radius 3 is 2.13 bits per heavy atom. The zero-order valence-corrected chi connectivity index (χ0v) is 22.5. The molecule has 0 radical (unpaired) electrons. The van der Waals surface area contributed by atoms with E-state index in [1.807, 2.05) is 52.0 Å². The van der Waals surface area contributed by atoms with Crippen LogP contribution in [0.25, 0.3) is 17.2 Å². The monoisotopic (exact) mass is 527 g/mol. The summed E-state index contributed by atoms with van der Waals surface area (Å²) in [6.07, 6.45) is 1.59. The number of carbonyl (C=O) groups is 2. The van der Waals surface area contributed by atoms with Gasteiger partial charge in [-0.3, -0.25) is 4.79 Å². The van der Waals surface area contributed by atoms with Gasteiger partial charge in [-0.2, -0.15) is 0 Å². The zero-order valence-electron chi connectivity index (χ0n) is 22.5. The summed E-state index contributed by atoms with van der Waals surface area (Å²) in [4.78, 5) is 23.9. The summed E-state index contributed by atoms with van der Waals surface area (Å²) in [6.45, 7) is 7.98. The second kappa shape index (κ2) is 10.4. The van der Waals surface area contributed by atoms with E-state index in [0.717, 1.165) is 22.3 Å². The highest BCUT2D eigenvalue weighted by molar-refractivity contribution is 6.56. The fourth-order valence-corrected chi connectivity index (χ4v) is 4.96. The van der Waals surface area contributed by atoms with E-state index >= 15 is 0 Å². The number of halogens is 1. The van der Waals surface area contributed by atoms with Crippen molar-refractivity contribution in [2.75, 3.05) is 13.2 Å². The maximum Gasteiger partial charge on any atom is 0.492 e. The Morgan fingerprint density at radius 1 is 0.974 bits per heavy atom.